The van der Waals surface area contributed by atoms with Crippen LogP contribution in [-0.2, 0) is 0 Å². The smallest absolute Gasteiger partial charge is 0.0992 e. The summed E-state index contributed by atoms with van der Waals surface area (Å²) in [7, 11) is 0. The Bertz CT molecular complexity index is 2700. The van der Waals surface area contributed by atoms with Gasteiger partial charge < -0.3 is 14.5 Å². The van der Waals surface area contributed by atoms with Crippen molar-refractivity contribution in [2.45, 2.75) is 0 Å². The molecule has 0 spiro atoms. The highest BCUT2D eigenvalue weighted by Crippen LogP contribution is 2.42. The van der Waals surface area contributed by atoms with E-state index in [1.54, 1.807) is 0 Å². The van der Waals surface area contributed by atoms with E-state index in [9.17, 15) is 5.26 Å². The van der Waals surface area contributed by atoms with Crippen LogP contribution >= 0.6 is 0 Å². The van der Waals surface area contributed by atoms with Gasteiger partial charge in [-0.25, -0.2) is 0 Å². The van der Waals surface area contributed by atoms with E-state index < -0.39 is 0 Å². The molecule has 9 aromatic rings. The Morgan fingerprint density at radius 3 is 1.59 bits per heavy atom. The first-order valence-corrected chi connectivity index (χ1v) is 14.7. The third kappa shape index (κ3) is 3.24. The van der Waals surface area contributed by atoms with Crippen molar-refractivity contribution in [1.29, 1.82) is 10.7 Å². The number of hydrogen-bond acceptors (Lipinski definition) is 2. The molecule has 0 saturated carbocycles. The third-order valence-corrected chi connectivity index (χ3v) is 8.99. The molecule has 0 radical (unpaired) electrons. The van der Waals surface area contributed by atoms with Gasteiger partial charge in [-0.3, -0.25) is 0 Å². The van der Waals surface area contributed by atoms with Gasteiger partial charge in [0, 0.05) is 33.3 Å². The molecule has 0 saturated heterocycles. The highest BCUT2D eigenvalue weighted by Gasteiger charge is 2.23. The van der Waals surface area contributed by atoms with Crippen molar-refractivity contribution in [3.63, 3.8) is 0 Å². The maximum absolute atomic E-state index is 10.2. The predicted molar refractivity (Wildman–Crippen MR) is 183 cm³/mol. The van der Waals surface area contributed by atoms with Crippen molar-refractivity contribution < 1.29 is 0 Å². The lowest BCUT2D eigenvalue weighted by Crippen LogP contribution is -2.08. The second kappa shape index (κ2) is 9.16. The Morgan fingerprint density at radius 2 is 1.02 bits per heavy atom. The van der Waals surface area contributed by atoms with E-state index in [0.717, 1.165) is 44.2 Å². The third-order valence-electron chi connectivity index (χ3n) is 8.99. The van der Waals surface area contributed by atoms with E-state index in [2.05, 4.69) is 137 Å². The van der Waals surface area contributed by atoms with Gasteiger partial charge in [-0.2, -0.15) is 5.26 Å². The average molecular weight is 561 g/mol. The number of nitrogens with zero attached hydrogens (tertiary/aromatic N) is 3. The molecule has 7 aromatic carbocycles. The second-order valence-electron chi connectivity index (χ2n) is 11.3. The standard InChI is InChI=1S/C40H24N4/c41-23-25-21-28(24-42)40(44-34-16-8-6-14-32(34)39-30-12-4-2-10-27(30)18-20-36(39)44)37(22-25)43-33-15-7-5-13-31(33)38-29-11-3-1-9-26(29)17-19-35(38)43/h1-22,24,42H. The van der Waals surface area contributed by atoms with Crippen LogP contribution in [0, 0.1) is 16.7 Å². The molecule has 0 aliphatic carbocycles. The van der Waals surface area contributed by atoms with Gasteiger partial charge in [-0.15, -0.1) is 0 Å². The van der Waals surface area contributed by atoms with Gasteiger partial charge in [0.2, 0.25) is 0 Å². The zero-order chi connectivity index (χ0) is 29.4. The van der Waals surface area contributed by atoms with Crippen LogP contribution in [0.3, 0.4) is 0 Å². The van der Waals surface area contributed by atoms with Crippen LogP contribution in [0.1, 0.15) is 11.1 Å². The van der Waals surface area contributed by atoms with Gasteiger partial charge >= 0.3 is 0 Å². The van der Waals surface area contributed by atoms with Crippen LogP contribution < -0.4 is 0 Å². The minimum Gasteiger partial charge on any atom is -0.308 e. The zero-order valence-electron chi connectivity index (χ0n) is 23.6. The first-order valence-electron chi connectivity index (χ1n) is 14.7. The van der Waals surface area contributed by atoms with Crippen LogP contribution in [0.4, 0.5) is 0 Å². The van der Waals surface area contributed by atoms with Crippen molar-refractivity contribution in [3.8, 4) is 17.4 Å². The Hall–Kier alpha value is -6.18. The molecule has 4 heteroatoms. The van der Waals surface area contributed by atoms with E-state index in [4.69, 9.17) is 5.41 Å². The summed E-state index contributed by atoms with van der Waals surface area (Å²) in [6.45, 7) is 0. The molecule has 4 nitrogen and oxygen atoms in total. The number of nitriles is 1. The summed E-state index contributed by atoms with van der Waals surface area (Å²) >= 11 is 0. The molecule has 0 bridgehead atoms. The maximum atomic E-state index is 10.2. The van der Waals surface area contributed by atoms with Crippen LogP contribution in [-0.4, -0.2) is 15.3 Å². The van der Waals surface area contributed by atoms with Crippen molar-refractivity contribution in [2.24, 2.45) is 0 Å². The Kier molecular flexibility index (Phi) is 5.08. The molecule has 2 heterocycles. The molecule has 44 heavy (non-hydrogen) atoms. The highest BCUT2D eigenvalue weighted by molar-refractivity contribution is 6.23. The molecule has 0 unspecified atom stereocenters. The lowest BCUT2D eigenvalue weighted by atomic mass is 10.0. The maximum Gasteiger partial charge on any atom is 0.0992 e. The summed E-state index contributed by atoms with van der Waals surface area (Å²) in [5.74, 6) is 0. The summed E-state index contributed by atoms with van der Waals surface area (Å²) in [4.78, 5) is 0. The van der Waals surface area contributed by atoms with Crippen molar-refractivity contribution in [2.75, 3.05) is 0 Å². The number of fused-ring (bicyclic) bond motifs is 10. The molecule has 0 aliphatic rings. The minimum atomic E-state index is 0.514. The molecule has 0 atom stereocenters. The number of nitrogens with one attached hydrogen (secondary N) is 1. The summed E-state index contributed by atoms with van der Waals surface area (Å²) < 4.78 is 4.57. The largest absolute Gasteiger partial charge is 0.308 e. The van der Waals surface area contributed by atoms with E-state index in [-0.39, 0.29) is 0 Å². The number of para-hydroxylation sites is 2. The van der Waals surface area contributed by atoms with Crippen molar-refractivity contribution in [1.82, 2.24) is 9.13 Å². The fourth-order valence-corrected chi connectivity index (χ4v) is 7.21. The first-order chi connectivity index (χ1) is 21.8. The molecular formula is C40H24N4. The molecule has 0 amide bonds. The molecular weight excluding hydrogens is 536 g/mol. The van der Waals surface area contributed by atoms with Gasteiger partial charge in [0.25, 0.3) is 0 Å². The van der Waals surface area contributed by atoms with Gasteiger partial charge in [0.05, 0.1) is 45.1 Å². The first kappa shape index (κ1) is 24.4. The van der Waals surface area contributed by atoms with Gasteiger partial charge in [0.1, 0.15) is 0 Å². The molecule has 0 fully saturated rings. The fourth-order valence-electron chi connectivity index (χ4n) is 7.21. The Morgan fingerprint density at radius 1 is 0.523 bits per heavy atom. The van der Waals surface area contributed by atoms with Crippen LogP contribution in [0.2, 0.25) is 0 Å². The number of rotatable bonds is 3. The Balaban J connectivity index is 1.52. The minimum absolute atomic E-state index is 0.514. The number of hydrogen-bond donors (Lipinski definition) is 1. The topological polar surface area (TPSA) is 57.5 Å². The average Bonchev–Trinajstić information content (AvgIpc) is 3.61. The van der Waals surface area contributed by atoms with Crippen LogP contribution in [0.15, 0.2) is 133 Å². The van der Waals surface area contributed by atoms with Crippen LogP contribution in [0.5, 0.6) is 0 Å². The van der Waals surface area contributed by atoms with E-state index in [0.29, 0.717) is 11.1 Å². The molecule has 9 rings (SSSR count). The molecule has 2 aromatic heterocycles. The SMILES string of the molecule is N#Cc1cc(C=N)c(-n2c3ccccc3c3c4ccccc4ccc32)c(-n2c3ccccc3c3c4ccccc4ccc32)c1. The quantitative estimate of drug-likeness (QED) is 0.215. The van der Waals surface area contributed by atoms with E-state index in [1.165, 1.54) is 38.5 Å². The van der Waals surface area contributed by atoms with Gasteiger partial charge in [0.15, 0.2) is 0 Å². The normalized spacial score (nSPS) is 11.7. The molecule has 204 valence electrons. The van der Waals surface area contributed by atoms with Crippen LogP contribution in [0.25, 0.3) is 76.5 Å². The fraction of sp³-hybridized carbons (Fsp3) is 0. The van der Waals surface area contributed by atoms with E-state index in [1.807, 2.05) is 12.1 Å². The zero-order valence-corrected chi connectivity index (χ0v) is 23.6. The summed E-state index contributed by atoms with van der Waals surface area (Å²) in [6.07, 6.45) is 1.38. The second-order valence-corrected chi connectivity index (χ2v) is 11.3. The monoisotopic (exact) mass is 560 g/mol. The lowest BCUT2D eigenvalue weighted by molar-refractivity contribution is 1.09. The highest BCUT2D eigenvalue weighted by atomic mass is 15.1. The predicted octanol–water partition coefficient (Wildman–Crippen LogP) is 10.1. The number of aromatic nitrogens is 2. The van der Waals surface area contributed by atoms with Crippen molar-refractivity contribution >= 4 is 71.4 Å². The number of benzene rings is 7. The summed E-state index contributed by atoms with van der Waals surface area (Å²) in [5.41, 5.74) is 7.16. The molecule has 1 N–H and O–H groups in total. The summed E-state index contributed by atoms with van der Waals surface area (Å²) in [5, 5.41) is 28.2. The van der Waals surface area contributed by atoms with Gasteiger partial charge in [-0.05, 0) is 57.9 Å². The molecule has 0 aliphatic heterocycles. The van der Waals surface area contributed by atoms with Gasteiger partial charge in [-0.1, -0.05) is 97.1 Å². The van der Waals surface area contributed by atoms with Crippen molar-refractivity contribution in [3.05, 3.63) is 145 Å². The lowest BCUT2D eigenvalue weighted by Gasteiger charge is -2.19. The van der Waals surface area contributed by atoms with E-state index >= 15 is 0 Å². The summed E-state index contributed by atoms with van der Waals surface area (Å²) in [6, 6.07) is 48.9. The Labute approximate surface area is 252 Å².